The van der Waals surface area contributed by atoms with Crippen molar-refractivity contribution in [2.45, 2.75) is 6.04 Å². The number of nitrogens with one attached hydrogen (secondary N) is 2. The van der Waals surface area contributed by atoms with Gasteiger partial charge in [-0.25, -0.2) is 9.97 Å². The molecule has 6 nitrogen and oxygen atoms in total. The van der Waals surface area contributed by atoms with Gasteiger partial charge in [0.25, 0.3) is 0 Å². The fourth-order valence-corrected chi connectivity index (χ4v) is 2.23. The summed E-state index contributed by atoms with van der Waals surface area (Å²) in [6, 6.07) is 2.57. The second-order valence-electron chi connectivity index (χ2n) is 5.05. The van der Waals surface area contributed by atoms with Crippen LogP contribution >= 0.6 is 0 Å². The Labute approximate surface area is 107 Å². The van der Waals surface area contributed by atoms with Crippen LogP contribution in [-0.2, 0) is 0 Å². The molecule has 0 unspecified atom stereocenters. The minimum absolute atomic E-state index is 0.514. The summed E-state index contributed by atoms with van der Waals surface area (Å²) in [5, 5.41) is 6.66. The highest BCUT2D eigenvalue weighted by molar-refractivity contribution is 5.49. The van der Waals surface area contributed by atoms with Gasteiger partial charge in [0.05, 0.1) is 6.04 Å². The van der Waals surface area contributed by atoms with Crippen LogP contribution in [0, 0.1) is 0 Å². The molecule has 2 fully saturated rings. The molecule has 3 heterocycles. The highest BCUT2D eigenvalue weighted by Crippen LogP contribution is 2.16. The molecule has 0 aliphatic carbocycles. The van der Waals surface area contributed by atoms with E-state index in [1.807, 2.05) is 0 Å². The van der Waals surface area contributed by atoms with Crippen LogP contribution in [0.5, 0.6) is 0 Å². The van der Waals surface area contributed by atoms with Crippen molar-refractivity contribution in [3.63, 3.8) is 0 Å². The molecule has 0 radical (unpaired) electrons. The molecule has 0 spiro atoms. The van der Waals surface area contributed by atoms with Gasteiger partial charge >= 0.3 is 0 Å². The number of aromatic nitrogens is 2. The monoisotopic (exact) mass is 248 g/mol. The predicted octanol–water partition coefficient (Wildman–Crippen LogP) is -0.388. The van der Waals surface area contributed by atoms with E-state index in [1.54, 1.807) is 6.33 Å². The third-order valence-corrected chi connectivity index (χ3v) is 3.61. The third-order valence-electron chi connectivity index (χ3n) is 3.61. The molecule has 0 amide bonds. The molecular weight excluding hydrogens is 228 g/mol. The first kappa shape index (κ1) is 11.7. The highest BCUT2D eigenvalue weighted by Gasteiger charge is 2.18. The SMILES string of the molecule is CN1CCN(c2cc(NC3CNC3)ncn2)CC1. The molecule has 0 saturated carbocycles. The Hall–Kier alpha value is -1.40. The molecule has 0 aromatic carbocycles. The average molecular weight is 248 g/mol. The van der Waals surface area contributed by atoms with Crippen molar-refractivity contribution in [1.82, 2.24) is 20.2 Å². The van der Waals surface area contributed by atoms with E-state index in [4.69, 9.17) is 0 Å². The molecular formula is C12H20N6. The maximum atomic E-state index is 4.38. The molecule has 2 aliphatic heterocycles. The molecule has 3 rings (SSSR count). The van der Waals surface area contributed by atoms with Gasteiger partial charge in [0.1, 0.15) is 18.0 Å². The Morgan fingerprint density at radius 3 is 2.67 bits per heavy atom. The zero-order valence-corrected chi connectivity index (χ0v) is 10.8. The fraction of sp³-hybridized carbons (Fsp3) is 0.667. The van der Waals surface area contributed by atoms with Gasteiger partial charge in [0.2, 0.25) is 0 Å². The van der Waals surface area contributed by atoms with Crippen LogP contribution in [0.2, 0.25) is 0 Å². The summed E-state index contributed by atoms with van der Waals surface area (Å²) < 4.78 is 0. The van der Waals surface area contributed by atoms with Gasteiger partial charge in [-0.2, -0.15) is 0 Å². The lowest BCUT2D eigenvalue weighted by molar-refractivity contribution is 0.312. The summed E-state index contributed by atoms with van der Waals surface area (Å²) in [4.78, 5) is 13.3. The van der Waals surface area contributed by atoms with Gasteiger partial charge in [-0.05, 0) is 7.05 Å². The van der Waals surface area contributed by atoms with Crippen LogP contribution < -0.4 is 15.5 Å². The Kier molecular flexibility index (Phi) is 3.29. The minimum Gasteiger partial charge on any atom is -0.365 e. The van der Waals surface area contributed by atoms with E-state index < -0.39 is 0 Å². The van der Waals surface area contributed by atoms with Crippen LogP contribution in [0.4, 0.5) is 11.6 Å². The lowest BCUT2D eigenvalue weighted by atomic mass is 10.2. The number of hydrogen-bond acceptors (Lipinski definition) is 6. The lowest BCUT2D eigenvalue weighted by Crippen LogP contribution is -2.51. The van der Waals surface area contributed by atoms with Crippen LogP contribution in [0.1, 0.15) is 0 Å². The van der Waals surface area contributed by atoms with Gasteiger partial charge in [0, 0.05) is 45.3 Å². The van der Waals surface area contributed by atoms with Crippen LogP contribution in [-0.4, -0.2) is 67.2 Å². The predicted molar refractivity (Wildman–Crippen MR) is 72.0 cm³/mol. The summed E-state index contributed by atoms with van der Waals surface area (Å²) in [6.07, 6.45) is 1.65. The fourth-order valence-electron chi connectivity index (χ4n) is 2.23. The van der Waals surface area contributed by atoms with Crippen LogP contribution in [0.15, 0.2) is 12.4 Å². The van der Waals surface area contributed by atoms with Gasteiger partial charge in [-0.15, -0.1) is 0 Å². The van der Waals surface area contributed by atoms with E-state index >= 15 is 0 Å². The third kappa shape index (κ3) is 2.54. The molecule has 2 N–H and O–H groups in total. The second kappa shape index (κ2) is 5.07. The standard InChI is InChI=1S/C12H20N6/c1-17-2-4-18(5-3-17)12-6-11(14-9-15-12)16-10-7-13-8-10/h6,9-10,13H,2-5,7-8H2,1H3,(H,14,15,16). The molecule has 1 aromatic heterocycles. The Morgan fingerprint density at radius 2 is 2.00 bits per heavy atom. The number of rotatable bonds is 3. The van der Waals surface area contributed by atoms with Gasteiger partial charge in [-0.3, -0.25) is 0 Å². The van der Waals surface area contributed by atoms with Crippen LogP contribution in [0.25, 0.3) is 0 Å². The van der Waals surface area contributed by atoms with Gasteiger partial charge in [0.15, 0.2) is 0 Å². The van der Waals surface area contributed by atoms with E-state index in [0.717, 1.165) is 50.9 Å². The Morgan fingerprint density at radius 1 is 1.22 bits per heavy atom. The Bertz CT molecular complexity index is 397. The van der Waals surface area contributed by atoms with E-state index in [-0.39, 0.29) is 0 Å². The Balaban J connectivity index is 1.66. The summed E-state index contributed by atoms with van der Waals surface area (Å²) in [5.41, 5.74) is 0. The van der Waals surface area contributed by atoms with Crippen molar-refractivity contribution in [3.8, 4) is 0 Å². The molecule has 98 valence electrons. The van der Waals surface area contributed by atoms with Crippen molar-refractivity contribution in [2.24, 2.45) is 0 Å². The summed E-state index contributed by atoms with van der Waals surface area (Å²) in [6.45, 7) is 6.32. The van der Waals surface area contributed by atoms with Crippen molar-refractivity contribution >= 4 is 11.6 Å². The molecule has 6 heteroatoms. The topological polar surface area (TPSA) is 56.3 Å². The summed E-state index contributed by atoms with van der Waals surface area (Å²) >= 11 is 0. The van der Waals surface area contributed by atoms with E-state index in [9.17, 15) is 0 Å². The maximum Gasteiger partial charge on any atom is 0.134 e. The highest BCUT2D eigenvalue weighted by atomic mass is 15.3. The number of anilines is 2. The first-order valence-electron chi connectivity index (χ1n) is 6.54. The molecule has 0 bridgehead atoms. The van der Waals surface area contributed by atoms with Crippen molar-refractivity contribution in [3.05, 3.63) is 12.4 Å². The quantitative estimate of drug-likeness (QED) is 0.760. The molecule has 18 heavy (non-hydrogen) atoms. The second-order valence-corrected chi connectivity index (χ2v) is 5.05. The van der Waals surface area contributed by atoms with E-state index in [0.29, 0.717) is 6.04 Å². The molecule has 2 aliphatic rings. The van der Waals surface area contributed by atoms with Gasteiger partial charge in [-0.1, -0.05) is 0 Å². The number of hydrogen-bond donors (Lipinski definition) is 2. The number of likely N-dealkylation sites (N-methyl/N-ethyl adjacent to an activating group) is 1. The van der Waals surface area contributed by atoms with E-state index in [2.05, 4.69) is 43.5 Å². The van der Waals surface area contributed by atoms with Gasteiger partial charge < -0.3 is 20.4 Å². The first-order valence-corrected chi connectivity index (χ1v) is 6.54. The largest absolute Gasteiger partial charge is 0.365 e. The minimum atomic E-state index is 0.514. The average Bonchev–Trinajstić information content (AvgIpc) is 2.35. The van der Waals surface area contributed by atoms with Crippen LogP contribution in [0.3, 0.4) is 0 Å². The van der Waals surface area contributed by atoms with Crippen molar-refractivity contribution < 1.29 is 0 Å². The molecule has 2 saturated heterocycles. The molecule has 0 atom stereocenters. The van der Waals surface area contributed by atoms with Crippen molar-refractivity contribution in [2.75, 3.05) is 56.5 Å². The zero-order chi connectivity index (χ0) is 12.4. The van der Waals surface area contributed by atoms with Crippen molar-refractivity contribution in [1.29, 1.82) is 0 Å². The number of nitrogens with zero attached hydrogens (tertiary/aromatic N) is 4. The lowest BCUT2D eigenvalue weighted by Gasteiger charge is -2.33. The smallest absolute Gasteiger partial charge is 0.134 e. The zero-order valence-electron chi connectivity index (χ0n) is 10.8. The maximum absolute atomic E-state index is 4.38. The summed E-state index contributed by atoms with van der Waals surface area (Å²) in [5.74, 6) is 1.97. The molecule has 1 aromatic rings. The van der Waals surface area contributed by atoms with E-state index in [1.165, 1.54) is 0 Å². The summed E-state index contributed by atoms with van der Waals surface area (Å²) in [7, 11) is 2.16. The normalized spacial score (nSPS) is 21.7. The number of piperazine rings is 1. The first-order chi connectivity index (χ1) is 8.81.